The highest BCUT2D eigenvalue weighted by atomic mass is 32.2. The Hall–Kier alpha value is -3.10. The molecule has 0 saturated carbocycles. The maximum Gasteiger partial charge on any atom is 0.243 e. The summed E-state index contributed by atoms with van der Waals surface area (Å²) in [5, 5.41) is 2.40. The molecule has 3 aromatic rings. The molecular formula is C21H18F2N2O3S. The first-order chi connectivity index (χ1) is 13.9. The van der Waals surface area contributed by atoms with E-state index in [0.717, 1.165) is 16.4 Å². The molecule has 29 heavy (non-hydrogen) atoms. The van der Waals surface area contributed by atoms with Gasteiger partial charge in [0, 0.05) is 18.3 Å². The Kier molecular flexibility index (Phi) is 6.36. The van der Waals surface area contributed by atoms with E-state index in [-0.39, 0.29) is 17.1 Å². The molecule has 0 saturated heterocycles. The Bertz CT molecular complexity index is 1090. The van der Waals surface area contributed by atoms with Crippen LogP contribution in [0.1, 0.15) is 5.56 Å². The van der Waals surface area contributed by atoms with Crippen molar-refractivity contribution >= 4 is 21.6 Å². The Morgan fingerprint density at radius 1 is 0.862 bits per heavy atom. The number of halogens is 2. The summed E-state index contributed by atoms with van der Waals surface area (Å²) in [5.74, 6) is -2.83. The Balaban J connectivity index is 1.84. The first-order valence-corrected chi connectivity index (χ1v) is 10.1. The first-order valence-electron chi connectivity index (χ1n) is 8.70. The fourth-order valence-electron chi connectivity index (χ4n) is 2.69. The number of carbonyl (C=O) groups is 1. The maximum atomic E-state index is 13.4. The van der Waals surface area contributed by atoms with E-state index in [1.54, 1.807) is 48.5 Å². The van der Waals surface area contributed by atoms with Gasteiger partial charge in [0.1, 0.15) is 0 Å². The third kappa shape index (κ3) is 5.24. The summed E-state index contributed by atoms with van der Waals surface area (Å²) in [7, 11) is -3.96. The molecular weight excluding hydrogens is 398 g/mol. The predicted octanol–water partition coefficient (Wildman–Crippen LogP) is 3.79. The third-order valence-corrected chi connectivity index (χ3v) is 5.91. The highest BCUT2D eigenvalue weighted by molar-refractivity contribution is 7.89. The molecule has 0 spiro atoms. The van der Waals surface area contributed by atoms with E-state index in [9.17, 15) is 22.0 Å². The zero-order valence-electron chi connectivity index (χ0n) is 15.3. The molecule has 0 aliphatic heterocycles. The van der Waals surface area contributed by atoms with E-state index < -0.39 is 34.1 Å². The number of hydrogen-bond donors (Lipinski definition) is 1. The smallest absolute Gasteiger partial charge is 0.243 e. The van der Waals surface area contributed by atoms with Gasteiger partial charge in [-0.3, -0.25) is 4.79 Å². The van der Waals surface area contributed by atoms with Crippen LogP contribution in [0, 0.1) is 11.6 Å². The number of benzene rings is 3. The molecule has 150 valence electrons. The number of sulfonamides is 1. The van der Waals surface area contributed by atoms with Gasteiger partial charge in [-0.1, -0.05) is 48.5 Å². The third-order valence-electron chi connectivity index (χ3n) is 4.11. The van der Waals surface area contributed by atoms with Crippen molar-refractivity contribution in [3.8, 4) is 0 Å². The second kappa shape index (κ2) is 8.93. The molecule has 0 aliphatic rings. The number of amides is 1. The number of hydrogen-bond acceptors (Lipinski definition) is 3. The average Bonchev–Trinajstić information content (AvgIpc) is 2.72. The molecule has 0 unspecified atom stereocenters. The molecule has 0 fully saturated rings. The van der Waals surface area contributed by atoms with E-state index in [2.05, 4.69) is 5.32 Å². The standard InChI is InChI=1S/C21H18F2N2O3S/c22-19-12-11-17(13-20(19)23)24-21(26)15-25(14-16-7-3-1-4-8-16)29(27,28)18-9-5-2-6-10-18/h1-13H,14-15H2,(H,24,26). The van der Waals surface area contributed by atoms with Crippen LogP contribution in [-0.4, -0.2) is 25.2 Å². The highest BCUT2D eigenvalue weighted by Gasteiger charge is 2.27. The van der Waals surface area contributed by atoms with Crippen molar-refractivity contribution in [2.24, 2.45) is 0 Å². The molecule has 0 atom stereocenters. The van der Waals surface area contributed by atoms with E-state index in [4.69, 9.17) is 0 Å². The van der Waals surface area contributed by atoms with Gasteiger partial charge in [-0.25, -0.2) is 17.2 Å². The lowest BCUT2D eigenvalue weighted by molar-refractivity contribution is -0.116. The second-order valence-electron chi connectivity index (χ2n) is 6.25. The van der Waals surface area contributed by atoms with Gasteiger partial charge >= 0.3 is 0 Å². The number of nitrogens with zero attached hydrogens (tertiary/aromatic N) is 1. The molecule has 1 N–H and O–H groups in total. The van der Waals surface area contributed by atoms with E-state index >= 15 is 0 Å². The van der Waals surface area contributed by atoms with Crippen LogP contribution >= 0.6 is 0 Å². The van der Waals surface area contributed by atoms with Crippen LogP contribution in [0.2, 0.25) is 0 Å². The minimum atomic E-state index is -3.96. The van der Waals surface area contributed by atoms with Crippen molar-refractivity contribution in [3.05, 3.63) is 96.1 Å². The maximum absolute atomic E-state index is 13.4. The Labute approximate surface area is 167 Å². The van der Waals surface area contributed by atoms with Crippen molar-refractivity contribution < 1.29 is 22.0 Å². The van der Waals surface area contributed by atoms with Gasteiger partial charge in [-0.2, -0.15) is 4.31 Å². The highest BCUT2D eigenvalue weighted by Crippen LogP contribution is 2.19. The van der Waals surface area contributed by atoms with Crippen molar-refractivity contribution in [2.75, 3.05) is 11.9 Å². The molecule has 0 aromatic heterocycles. The van der Waals surface area contributed by atoms with Crippen LogP contribution in [-0.2, 0) is 21.4 Å². The van der Waals surface area contributed by atoms with Crippen LogP contribution in [0.25, 0.3) is 0 Å². The number of nitrogens with one attached hydrogen (secondary N) is 1. The normalized spacial score (nSPS) is 11.4. The molecule has 8 heteroatoms. The molecule has 3 rings (SSSR count). The summed E-state index contributed by atoms with van der Waals surface area (Å²) < 4.78 is 53.6. The summed E-state index contributed by atoms with van der Waals surface area (Å²) in [6.07, 6.45) is 0. The summed E-state index contributed by atoms with van der Waals surface area (Å²) >= 11 is 0. The summed E-state index contributed by atoms with van der Waals surface area (Å²) in [6.45, 7) is -0.519. The van der Waals surface area contributed by atoms with Crippen LogP contribution in [0.3, 0.4) is 0 Å². The zero-order valence-corrected chi connectivity index (χ0v) is 16.1. The second-order valence-corrected chi connectivity index (χ2v) is 8.19. The summed E-state index contributed by atoms with van der Waals surface area (Å²) in [6, 6.07) is 19.5. The molecule has 0 aliphatic carbocycles. The Morgan fingerprint density at radius 2 is 1.48 bits per heavy atom. The minimum Gasteiger partial charge on any atom is -0.325 e. The van der Waals surface area contributed by atoms with Gasteiger partial charge in [0.25, 0.3) is 0 Å². The first kappa shape index (κ1) is 20.6. The molecule has 0 radical (unpaired) electrons. The molecule has 0 bridgehead atoms. The van der Waals surface area contributed by atoms with Crippen molar-refractivity contribution in [1.82, 2.24) is 4.31 Å². The van der Waals surface area contributed by atoms with Gasteiger partial charge in [-0.15, -0.1) is 0 Å². The van der Waals surface area contributed by atoms with E-state index in [1.807, 2.05) is 0 Å². The van der Waals surface area contributed by atoms with Crippen molar-refractivity contribution in [3.63, 3.8) is 0 Å². The number of rotatable bonds is 7. The van der Waals surface area contributed by atoms with Gasteiger partial charge in [0.05, 0.1) is 11.4 Å². The number of anilines is 1. The van der Waals surface area contributed by atoms with Crippen molar-refractivity contribution in [1.29, 1.82) is 0 Å². The molecule has 0 heterocycles. The average molecular weight is 416 g/mol. The topological polar surface area (TPSA) is 66.5 Å². The SMILES string of the molecule is O=C(CN(Cc1ccccc1)S(=O)(=O)c1ccccc1)Nc1ccc(F)c(F)c1. The van der Waals surface area contributed by atoms with Gasteiger partial charge < -0.3 is 5.32 Å². The van der Waals surface area contributed by atoms with Gasteiger partial charge in [-0.05, 0) is 29.8 Å². The predicted molar refractivity (Wildman–Crippen MR) is 105 cm³/mol. The molecule has 1 amide bonds. The fourth-order valence-corrected chi connectivity index (χ4v) is 4.09. The lowest BCUT2D eigenvalue weighted by atomic mass is 10.2. The summed E-state index contributed by atoms with van der Waals surface area (Å²) in [5.41, 5.74) is 0.735. The molecule has 3 aromatic carbocycles. The fraction of sp³-hybridized carbons (Fsp3) is 0.0952. The van der Waals surface area contributed by atoms with Gasteiger partial charge in [0.15, 0.2) is 11.6 Å². The van der Waals surface area contributed by atoms with E-state index in [1.165, 1.54) is 18.2 Å². The molecule has 5 nitrogen and oxygen atoms in total. The minimum absolute atomic E-state index is 0.0245. The summed E-state index contributed by atoms with van der Waals surface area (Å²) in [4.78, 5) is 12.5. The van der Waals surface area contributed by atoms with Crippen LogP contribution < -0.4 is 5.32 Å². The lowest BCUT2D eigenvalue weighted by Gasteiger charge is -2.22. The largest absolute Gasteiger partial charge is 0.325 e. The zero-order chi connectivity index (χ0) is 20.9. The lowest BCUT2D eigenvalue weighted by Crippen LogP contribution is -2.37. The quantitative estimate of drug-likeness (QED) is 0.637. The Morgan fingerprint density at radius 3 is 2.10 bits per heavy atom. The van der Waals surface area contributed by atoms with Crippen molar-refractivity contribution in [2.45, 2.75) is 11.4 Å². The van der Waals surface area contributed by atoms with Crippen LogP contribution in [0.15, 0.2) is 83.8 Å². The monoisotopic (exact) mass is 416 g/mol. The van der Waals surface area contributed by atoms with Crippen LogP contribution in [0.5, 0.6) is 0 Å². The van der Waals surface area contributed by atoms with Gasteiger partial charge in [0.2, 0.25) is 15.9 Å². The van der Waals surface area contributed by atoms with E-state index in [0.29, 0.717) is 5.56 Å². The number of carbonyl (C=O) groups excluding carboxylic acids is 1. The van der Waals surface area contributed by atoms with Crippen LogP contribution in [0.4, 0.5) is 14.5 Å².